The van der Waals surface area contributed by atoms with Crippen molar-refractivity contribution in [1.29, 1.82) is 0 Å². The summed E-state index contributed by atoms with van der Waals surface area (Å²) in [5, 5.41) is 0. The van der Waals surface area contributed by atoms with Gasteiger partial charge in [-0.05, 0) is 49.9 Å². The normalized spacial score (nSPS) is 28.0. The van der Waals surface area contributed by atoms with E-state index in [1.807, 2.05) is 0 Å². The largest absolute Gasteiger partial charge is 0.484 e. The van der Waals surface area contributed by atoms with E-state index in [1.165, 1.54) is 12.1 Å². The van der Waals surface area contributed by atoms with Gasteiger partial charge in [-0.15, -0.1) is 0 Å². The summed E-state index contributed by atoms with van der Waals surface area (Å²) in [6.45, 7) is 6.57. The van der Waals surface area contributed by atoms with Crippen LogP contribution in [-0.2, 0) is 14.3 Å². The Balaban J connectivity index is 2.20. The van der Waals surface area contributed by atoms with E-state index in [0.717, 1.165) is 12.8 Å². The van der Waals surface area contributed by atoms with E-state index in [0.29, 0.717) is 24.7 Å². The summed E-state index contributed by atoms with van der Waals surface area (Å²) in [5.74, 6) is 0.272. The van der Waals surface area contributed by atoms with Crippen molar-refractivity contribution in [1.82, 2.24) is 0 Å². The minimum absolute atomic E-state index is 0.208. The van der Waals surface area contributed by atoms with Crippen LogP contribution in [0.25, 0.3) is 0 Å². The molecule has 0 bridgehead atoms. The van der Waals surface area contributed by atoms with Crippen LogP contribution in [0.1, 0.15) is 40.0 Å². The number of quaternary nitrogens is 1. The molecular weight excluding hydrogens is 325 g/mol. The fourth-order valence-electron chi connectivity index (χ4n) is 2.83. The predicted octanol–water partition coefficient (Wildman–Crippen LogP) is 2.34. The van der Waals surface area contributed by atoms with Gasteiger partial charge in [0.15, 0.2) is 12.1 Å². The lowest BCUT2D eigenvalue weighted by Gasteiger charge is -2.31. The molecule has 0 unspecified atom stereocenters. The molecule has 1 aliphatic rings. The highest BCUT2D eigenvalue weighted by Gasteiger charge is 2.36. The standard InChI is InChI=1S/C19H28FNO4/c1-12(2)11-23-17-6-4-5-16(21)19(22)24-13(3)18(17)25-15-9-7-14(20)8-10-15/h7-10,12-13,16-18H,4-6,11,21H2,1-3H3/p+1/t13-,16-,17-,18-/m0/s1. The van der Waals surface area contributed by atoms with Crippen molar-refractivity contribution >= 4 is 5.97 Å². The summed E-state index contributed by atoms with van der Waals surface area (Å²) in [5.41, 5.74) is 3.88. The van der Waals surface area contributed by atoms with Crippen LogP contribution in [0.5, 0.6) is 5.75 Å². The number of esters is 1. The van der Waals surface area contributed by atoms with Gasteiger partial charge in [-0.3, -0.25) is 0 Å². The molecule has 1 heterocycles. The van der Waals surface area contributed by atoms with E-state index in [9.17, 15) is 9.18 Å². The maximum absolute atomic E-state index is 13.1. The highest BCUT2D eigenvalue weighted by atomic mass is 19.1. The summed E-state index contributed by atoms with van der Waals surface area (Å²) < 4.78 is 30.8. The molecule has 1 aliphatic heterocycles. The van der Waals surface area contributed by atoms with Crippen molar-refractivity contribution in [3.8, 4) is 5.75 Å². The van der Waals surface area contributed by atoms with Crippen LogP contribution in [0.2, 0.25) is 0 Å². The number of halogens is 1. The van der Waals surface area contributed by atoms with E-state index >= 15 is 0 Å². The minimum atomic E-state index is -0.489. The van der Waals surface area contributed by atoms with Crippen molar-refractivity contribution in [2.45, 2.75) is 64.4 Å². The lowest BCUT2D eigenvalue weighted by molar-refractivity contribution is -0.410. The number of hydrogen-bond donors (Lipinski definition) is 1. The van der Waals surface area contributed by atoms with Crippen molar-refractivity contribution in [3.05, 3.63) is 30.1 Å². The van der Waals surface area contributed by atoms with E-state index in [-0.39, 0.29) is 23.9 Å². The van der Waals surface area contributed by atoms with Gasteiger partial charge in [0.1, 0.15) is 17.7 Å². The number of carbonyl (C=O) groups is 1. The monoisotopic (exact) mass is 354 g/mol. The summed E-state index contributed by atoms with van der Waals surface area (Å²) in [4.78, 5) is 12.1. The zero-order valence-corrected chi connectivity index (χ0v) is 15.2. The minimum Gasteiger partial charge on any atom is -0.484 e. The van der Waals surface area contributed by atoms with E-state index in [4.69, 9.17) is 14.2 Å². The maximum atomic E-state index is 13.1. The van der Waals surface area contributed by atoms with Crippen LogP contribution in [0.4, 0.5) is 4.39 Å². The Labute approximate surface area is 148 Å². The molecular formula is C19H29FNO4+. The Kier molecular flexibility index (Phi) is 7.20. The van der Waals surface area contributed by atoms with Gasteiger partial charge in [0.05, 0.1) is 6.10 Å². The van der Waals surface area contributed by atoms with Crippen molar-refractivity contribution < 1.29 is 29.1 Å². The Morgan fingerprint density at radius 2 is 1.96 bits per heavy atom. The molecule has 1 fully saturated rings. The molecule has 0 amide bonds. The molecule has 3 N–H and O–H groups in total. The molecule has 1 aromatic rings. The number of cyclic esters (lactones) is 1. The summed E-state index contributed by atoms with van der Waals surface area (Å²) >= 11 is 0. The zero-order valence-electron chi connectivity index (χ0n) is 15.2. The number of ether oxygens (including phenoxy) is 3. The zero-order chi connectivity index (χ0) is 18.4. The van der Waals surface area contributed by atoms with Crippen LogP contribution >= 0.6 is 0 Å². The molecule has 6 heteroatoms. The molecule has 0 spiro atoms. The average Bonchev–Trinajstić information content (AvgIpc) is 2.60. The quantitative estimate of drug-likeness (QED) is 0.824. The predicted molar refractivity (Wildman–Crippen MR) is 91.5 cm³/mol. The number of rotatable bonds is 5. The van der Waals surface area contributed by atoms with Gasteiger partial charge in [-0.25, -0.2) is 9.18 Å². The smallest absolute Gasteiger partial charge is 0.365 e. The lowest BCUT2D eigenvalue weighted by atomic mass is 10.0. The first-order chi connectivity index (χ1) is 11.9. The second-order valence-corrected chi connectivity index (χ2v) is 7.07. The van der Waals surface area contributed by atoms with Gasteiger partial charge in [0.2, 0.25) is 0 Å². The third-order valence-corrected chi connectivity index (χ3v) is 4.24. The molecule has 140 valence electrons. The number of hydrogen-bond acceptors (Lipinski definition) is 4. The SMILES string of the molecule is CC(C)CO[C@H]1CCC[C@H]([NH3+])C(=O)O[C@@H](C)[C@@H]1Oc1ccc(F)cc1. The second-order valence-electron chi connectivity index (χ2n) is 7.07. The first kappa shape index (κ1) is 19.7. The molecule has 4 atom stereocenters. The van der Waals surface area contributed by atoms with Gasteiger partial charge in [0.25, 0.3) is 0 Å². The lowest BCUT2D eigenvalue weighted by Crippen LogP contribution is -2.65. The maximum Gasteiger partial charge on any atom is 0.365 e. The molecule has 5 nitrogen and oxygen atoms in total. The van der Waals surface area contributed by atoms with Crippen LogP contribution in [0, 0.1) is 11.7 Å². The number of carbonyl (C=O) groups excluding carboxylic acids is 1. The topological polar surface area (TPSA) is 72.4 Å². The fraction of sp³-hybridized carbons (Fsp3) is 0.632. The third kappa shape index (κ3) is 5.97. The van der Waals surface area contributed by atoms with Gasteiger partial charge >= 0.3 is 5.97 Å². The highest BCUT2D eigenvalue weighted by molar-refractivity contribution is 5.74. The Morgan fingerprint density at radius 1 is 1.28 bits per heavy atom. The van der Waals surface area contributed by atoms with E-state index in [1.54, 1.807) is 19.1 Å². The Bertz CT molecular complexity index is 549. The fourth-order valence-corrected chi connectivity index (χ4v) is 2.83. The van der Waals surface area contributed by atoms with Crippen molar-refractivity contribution in [2.75, 3.05) is 6.61 Å². The van der Waals surface area contributed by atoms with Crippen LogP contribution in [-0.4, -0.2) is 36.9 Å². The Morgan fingerprint density at radius 3 is 2.60 bits per heavy atom. The van der Waals surface area contributed by atoms with Crippen LogP contribution in [0.3, 0.4) is 0 Å². The first-order valence-corrected chi connectivity index (χ1v) is 8.94. The molecule has 0 saturated carbocycles. The van der Waals surface area contributed by atoms with E-state index < -0.39 is 12.2 Å². The first-order valence-electron chi connectivity index (χ1n) is 8.94. The molecule has 2 rings (SSSR count). The molecule has 0 aromatic heterocycles. The summed E-state index contributed by atoms with van der Waals surface area (Å²) in [6.07, 6.45) is 1.07. The average molecular weight is 354 g/mol. The molecule has 1 saturated heterocycles. The molecule has 25 heavy (non-hydrogen) atoms. The van der Waals surface area contributed by atoms with Crippen molar-refractivity contribution in [3.63, 3.8) is 0 Å². The summed E-state index contributed by atoms with van der Waals surface area (Å²) in [6, 6.07) is 5.45. The highest BCUT2D eigenvalue weighted by Crippen LogP contribution is 2.24. The summed E-state index contributed by atoms with van der Waals surface area (Å²) in [7, 11) is 0. The second kappa shape index (κ2) is 9.15. The van der Waals surface area contributed by atoms with Crippen LogP contribution < -0.4 is 10.5 Å². The third-order valence-electron chi connectivity index (χ3n) is 4.24. The van der Waals surface area contributed by atoms with Crippen LogP contribution in [0.15, 0.2) is 24.3 Å². The Hall–Kier alpha value is -1.66. The molecule has 1 aromatic carbocycles. The molecule has 0 radical (unpaired) electrons. The van der Waals surface area contributed by atoms with Crippen molar-refractivity contribution in [2.24, 2.45) is 5.92 Å². The van der Waals surface area contributed by atoms with Gasteiger partial charge in [0, 0.05) is 13.0 Å². The van der Waals surface area contributed by atoms with Gasteiger partial charge in [-0.2, -0.15) is 0 Å². The molecule has 0 aliphatic carbocycles. The number of benzene rings is 1. The van der Waals surface area contributed by atoms with Gasteiger partial charge < -0.3 is 19.9 Å². The van der Waals surface area contributed by atoms with E-state index in [2.05, 4.69) is 19.6 Å². The van der Waals surface area contributed by atoms with Gasteiger partial charge in [-0.1, -0.05) is 13.8 Å².